The molecule has 5 nitrogen and oxygen atoms in total. The van der Waals surface area contributed by atoms with Crippen molar-refractivity contribution >= 4 is 22.8 Å². The van der Waals surface area contributed by atoms with Gasteiger partial charge >= 0.3 is 0 Å². The molecule has 3 aliphatic rings. The highest BCUT2D eigenvalue weighted by Crippen LogP contribution is 2.25. The van der Waals surface area contributed by atoms with Gasteiger partial charge in [-0.05, 0) is 18.8 Å². The van der Waals surface area contributed by atoms with Gasteiger partial charge < -0.3 is 10.2 Å². The molecular formula is C15H26N4OS. The molecule has 2 fully saturated rings. The Balaban J connectivity index is 1.34. The molecule has 2 aliphatic heterocycles. The first-order chi connectivity index (χ1) is 10.2. The van der Waals surface area contributed by atoms with Gasteiger partial charge in [-0.2, -0.15) is 0 Å². The number of nitrogens with zero attached hydrogens (tertiary/aromatic N) is 3. The molecule has 0 aromatic heterocycles. The summed E-state index contributed by atoms with van der Waals surface area (Å²) in [5, 5.41) is 4.91. The number of nitrogens with one attached hydrogen (secondary N) is 1. The maximum atomic E-state index is 11.9. The van der Waals surface area contributed by atoms with Gasteiger partial charge in [0.25, 0.3) is 0 Å². The van der Waals surface area contributed by atoms with Crippen molar-refractivity contribution in [1.29, 1.82) is 0 Å². The molecule has 21 heavy (non-hydrogen) atoms. The van der Waals surface area contributed by atoms with Crippen molar-refractivity contribution in [2.24, 2.45) is 10.9 Å². The molecule has 0 aromatic carbocycles. The predicted molar refractivity (Wildman–Crippen MR) is 87.7 cm³/mol. The molecule has 3 rings (SSSR count). The van der Waals surface area contributed by atoms with E-state index in [-0.39, 0.29) is 5.91 Å². The van der Waals surface area contributed by atoms with Crippen LogP contribution in [0.2, 0.25) is 0 Å². The molecule has 1 saturated carbocycles. The highest BCUT2D eigenvalue weighted by atomic mass is 32.2. The predicted octanol–water partition coefficient (Wildman–Crippen LogP) is 1.01. The van der Waals surface area contributed by atoms with Gasteiger partial charge in [-0.1, -0.05) is 25.1 Å². The Morgan fingerprint density at radius 1 is 1.33 bits per heavy atom. The van der Waals surface area contributed by atoms with Crippen molar-refractivity contribution in [2.75, 3.05) is 45.8 Å². The van der Waals surface area contributed by atoms with Crippen LogP contribution in [0.4, 0.5) is 0 Å². The van der Waals surface area contributed by atoms with Crippen LogP contribution in [0.15, 0.2) is 4.99 Å². The summed E-state index contributed by atoms with van der Waals surface area (Å²) in [7, 11) is 0. The van der Waals surface area contributed by atoms with E-state index in [0.29, 0.717) is 11.8 Å². The van der Waals surface area contributed by atoms with Crippen molar-refractivity contribution in [3.63, 3.8) is 0 Å². The van der Waals surface area contributed by atoms with Crippen molar-refractivity contribution < 1.29 is 4.79 Å². The standard InChI is InChI=1S/C15H26N4OS/c1-12-9-17-15(21-12)19-7-5-18(6-8-19)11-14(20)16-10-13-3-2-4-13/h12-13H,2-11H2,1H3,(H,16,20)/t12-/m0/s1. The maximum absolute atomic E-state index is 11.9. The van der Waals surface area contributed by atoms with Crippen molar-refractivity contribution in [3.8, 4) is 0 Å². The zero-order valence-corrected chi connectivity index (χ0v) is 13.7. The molecular weight excluding hydrogens is 284 g/mol. The summed E-state index contributed by atoms with van der Waals surface area (Å²) >= 11 is 1.89. The van der Waals surface area contributed by atoms with Gasteiger partial charge in [0.15, 0.2) is 5.17 Å². The molecule has 0 bridgehead atoms. The Hall–Kier alpha value is -0.750. The molecule has 1 N–H and O–H groups in total. The summed E-state index contributed by atoms with van der Waals surface area (Å²) in [6.07, 6.45) is 3.91. The summed E-state index contributed by atoms with van der Waals surface area (Å²) in [6.45, 7) is 8.52. The van der Waals surface area contributed by atoms with Crippen LogP contribution in [-0.2, 0) is 4.79 Å². The summed E-state index contributed by atoms with van der Waals surface area (Å²) in [5.41, 5.74) is 0. The second kappa shape index (κ2) is 7.01. The zero-order chi connectivity index (χ0) is 14.7. The summed E-state index contributed by atoms with van der Waals surface area (Å²) < 4.78 is 0. The second-order valence-electron chi connectivity index (χ2n) is 6.42. The van der Waals surface area contributed by atoms with Gasteiger partial charge in [0, 0.05) is 38.0 Å². The lowest BCUT2D eigenvalue weighted by Gasteiger charge is -2.35. The molecule has 0 unspecified atom stereocenters. The highest BCUT2D eigenvalue weighted by molar-refractivity contribution is 8.14. The quantitative estimate of drug-likeness (QED) is 0.842. The van der Waals surface area contributed by atoms with Crippen LogP contribution in [0, 0.1) is 5.92 Å². The largest absolute Gasteiger partial charge is 0.355 e. The lowest BCUT2D eigenvalue weighted by Crippen LogP contribution is -2.50. The Labute approximate surface area is 131 Å². The Kier molecular flexibility index (Phi) is 5.06. The number of thioether (sulfide) groups is 1. The number of carbonyl (C=O) groups is 1. The van der Waals surface area contributed by atoms with Gasteiger partial charge in [0.05, 0.1) is 13.1 Å². The lowest BCUT2D eigenvalue weighted by molar-refractivity contribution is -0.122. The third kappa shape index (κ3) is 4.13. The maximum Gasteiger partial charge on any atom is 0.234 e. The van der Waals surface area contributed by atoms with E-state index in [2.05, 4.69) is 27.0 Å². The molecule has 1 aliphatic carbocycles. The van der Waals surface area contributed by atoms with Crippen LogP contribution in [0.25, 0.3) is 0 Å². The molecule has 118 valence electrons. The molecule has 1 atom stereocenters. The second-order valence-corrected chi connectivity index (χ2v) is 7.82. The lowest BCUT2D eigenvalue weighted by atomic mass is 9.85. The van der Waals surface area contributed by atoms with E-state index >= 15 is 0 Å². The SMILES string of the molecule is C[C@H]1CN=C(N2CCN(CC(=O)NCC3CCC3)CC2)S1. The molecule has 0 aromatic rings. The molecule has 2 heterocycles. The Morgan fingerprint density at radius 3 is 2.67 bits per heavy atom. The summed E-state index contributed by atoms with van der Waals surface area (Å²) in [4.78, 5) is 21.2. The molecule has 1 amide bonds. The highest BCUT2D eigenvalue weighted by Gasteiger charge is 2.25. The van der Waals surface area contributed by atoms with E-state index in [9.17, 15) is 4.79 Å². The third-order valence-corrected chi connectivity index (χ3v) is 5.76. The van der Waals surface area contributed by atoms with Gasteiger partial charge in [-0.3, -0.25) is 14.7 Å². The molecule has 1 saturated heterocycles. The minimum absolute atomic E-state index is 0.191. The summed E-state index contributed by atoms with van der Waals surface area (Å²) in [5.74, 6) is 0.932. The van der Waals surface area contributed by atoms with Crippen LogP contribution in [0.5, 0.6) is 0 Å². The van der Waals surface area contributed by atoms with Crippen LogP contribution in [0.3, 0.4) is 0 Å². The molecule has 6 heteroatoms. The average Bonchev–Trinajstić information content (AvgIpc) is 2.84. The van der Waals surface area contributed by atoms with E-state index in [0.717, 1.165) is 45.2 Å². The first-order valence-electron chi connectivity index (χ1n) is 8.16. The number of amidine groups is 1. The number of aliphatic imine (C=N–C) groups is 1. The van der Waals surface area contributed by atoms with Gasteiger partial charge in [0.1, 0.15) is 0 Å². The monoisotopic (exact) mass is 310 g/mol. The van der Waals surface area contributed by atoms with Crippen molar-refractivity contribution in [1.82, 2.24) is 15.1 Å². The van der Waals surface area contributed by atoms with E-state index in [4.69, 9.17) is 0 Å². The first kappa shape index (κ1) is 15.2. The van der Waals surface area contributed by atoms with Gasteiger partial charge in [0.2, 0.25) is 5.91 Å². The Morgan fingerprint density at radius 2 is 2.10 bits per heavy atom. The fourth-order valence-corrected chi connectivity index (χ4v) is 3.94. The Bertz CT molecular complexity index is 402. The summed E-state index contributed by atoms with van der Waals surface area (Å²) in [6, 6.07) is 0. The fourth-order valence-electron chi connectivity index (χ4n) is 2.95. The van der Waals surface area contributed by atoms with Crippen molar-refractivity contribution in [3.05, 3.63) is 0 Å². The molecule has 0 radical (unpaired) electrons. The minimum Gasteiger partial charge on any atom is -0.355 e. The van der Waals surface area contributed by atoms with Gasteiger partial charge in [-0.15, -0.1) is 0 Å². The number of carbonyl (C=O) groups excluding carboxylic acids is 1. The topological polar surface area (TPSA) is 47.9 Å². The number of piperazine rings is 1. The van der Waals surface area contributed by atoms with E-state index in [1.165, 1.54) is 24.4 Å². The number of rotatable bonds is 4. The third-order valence-electron chi connectivity index (χ3n) is 4.61. The fraction of sp³-hybridized carbons (Fsp3) is 0.867. The number of amides is 1. The smallest absolute Gasteiger partial charge is 0.234 e. The molecule has 0 spiro atoms. The van der Waals surface area contributed by atoms with E-state index < -0.39 is 0 Å². The van der Waals surface area contributed by atoms with E-state index in [1.807, 2.05) is 11.8 Å². The zero-order valence-electron chi connectivity index (χ0n) is 12.9. The normalized spacial score (nSPS) is 27.4. The first-order valence-corrected chi connectivity index (χ1v) is 9.04. The van der Waals surface area contributed by atoms with Crippen LogP contribution < -0.4 is 5.32 Å². The van der Waals surface area contributed by atoms with E-state index in [1.54, 1.807) is 0 Å². The van der Waals surface area contributed by atoms with Crippen LogP contribution in [0.1, 0.15) is 26.2 Å². The minimum atomic E-state index is 0.191. The van der Waals surface area contributed by atoms with Crippen molar-refractivity contribution in [2.45, 2.75) is 31.4 Å². The average molecular weight is 310 g/mol. The number of hydrogen-bond acceptors (Lipinski definition) is 5. The number of hydrogen-bond donors (Lipinski definition) is 1. The van der Waals surface area contributed by atoms with Crippen LogP contribution in [-0.4, -0.2) is 71.9 Å². The van der Waals surface area contributed by atoms with Gasteiger partial charge in [-0.25, -0.2) is 0 Å². The van der Waals surface area contributed by atoms with Crippen LogP contribution >= 0.6 is 11.8 Å².